The highest BCUT2D eigenvalue weighted by molar-refractivity contribution is 6.13. The minimum Gasteiger partial charge on any atom is -0.311 e. The van der Waals surface area contributed by atoms with Crippen molar-refractivity contribution in [3.05, 3.63) is 54.1 Å². The number of aromatic nitrogens is 3. The molecule has 4 rings (SSSR count). The summed E-state index contributed by atoms with van der Waals surface area (Å²) in [5.74, 6) is -0.0423. The molecule has 0 aliphatic carbocycles. The molecule has 0 radical (unpaired) electrons. The molecule has 2 aromatic carbocycles. The van der Waals surface area contributed by atoms with Crippen molar-refractivity contribution in [1.82, 2.24) is 15.0 Å². The van der Waals surface area contributed by atoms with E-state index in [0.717, 1.165) is 28.2 Å². The number of amides is 1. The van der Waals surface area contributed by atoms with Crippen molar-refractivity contribution in [2.75, 3.05) is 11.9 Å². The summed E-state index contributed by atoms with van der Waals surface area (Å²) in [7, 11) is 3.67. The van der Waals surface area contributed by atoms with Crippen molar-refractivity contribution in [3.63, 3.8) is 0 Å². The van der Waals surface area contributed by atoms with E-state index in [4.69, 9.17) is 0 Å². The maximum absolute atomic E-state index is 12.8. The first-order chi connectivity index (χ1) is 10.7. The average Bonchev–Trinajstić information content (AvgIpc) is 2.94. The predicted octanol–water partition coefficient (Wildman–Crippen LogP) is 2.74. The van der Waals surface area contributed by atoms with Crippen molar-refractivity contribution in [1.29, 1.82) is 0 Å². The zero-order valence-electron chi connectivity index (χ0n) is 12.3. The van der Waals surface area contributed by atoms with Crippen LogP contribution < -0.4 is 4.90 Å². The Morgan fingerprint density at radius 3 is 2.27 bits per heavy atom. The van der Waals surface area contributed by atoms with Crippen LogP contribution in [0.4, 0.5) is 5.69 Å². The molecule has 0 saturated carbocycles. The molecule has 5 nitrogen and oxygen atoms in total. The molecule has 2 heterocycles. The first-order valence-electron chi connectivity index (χ1n) is 7.05. The highest BCUT2D eigenvalue weighted by atomic mass is 16.2. The molecule has 3 aromatic rings. The van der Waals surface area contributed by atoms with Gasteiger partial charge in [0.15, 0.2) is 0 Å². The Balaban J connectivity index is 2.16. The van der Waals surface area contributed by atoms with E-state index in [2.05, 4.69) is 10.3 Å². The molecule has 1 aliphatic heterocycles. The Kier molecular flexibility index (Phi) is 2.63. The minimum atomic E-state index is -0.0423. The lowest BCUT2D eigenvalue weighted by molar-refractivity contribution is 0.0993. The number of carbonyl (C=O) groups is 1. The van der Waals surface area contributed by atoms with Gasteiger partial charge < -0.3 is 4.90 Å². The second-order valence-corrected chi connectivity index (χ2v) is 5.34. The third-order valence-electron chi connectivity index (χ3n) is 4.06. The molecule has 1 aromatic heterocycles. The standard InChI is InChI=1S/C17H14N4O/c1-20-14-10-6-5-9-13(14)16-15(18-19-21(16)2)11-7-3-4-8-12(11)17(20)22/h3-10H,1-2H3. The number of aryl methyl sites for hydroxylation is 1. The van der Waals surface area contributed by atoms with Gasteiger partial charge >= 0.3 is 0 Å². The van der Waals surface area contributed by atoms with Crippen LogP contribution in [0.15, 0.2) is 48.5 Å². The quantitative estimate of drug-likeness (QED) is 0.639. The van der Waals surface area contributed by atoms with E-state index in [1.54, 1.807) is 16.6 Å². The molecule has 1 aliphatic rings. The second-order valence-electron chi connectivity index (χ2n) is 5.34. The molecular weight excluding hydrogens is 276 g/mol. The number of anilines is 1. The van der Waals surface area contributed by atoms with Gasteiger partial charge in [0.1, 0.15) is 5.69 Å². The topological polar surface area (TPSA) is 51.0 Å². The number of para-hydroxylation sites is 1. The van der Waals surface area contributed by atoms with Crippen LogP contribution in [-0.2, 0) is 7.05 Å². The van der Waals surface area contributed by atoms with E-state index < -0.39 is 0 Å². The molecule has 22 heavy (non-hydrogen) atoms. The fraction of sp³-hybridized carbons (Fsp3) is 0.118. The SMILES string of the molecule is CN1C(=O)c2ccccc2-c2nnn(C)c2-c2ccccc21. The third-order valence-corrected chi connectivity index (χ3v) is 4.06. The van der Waals surface area contributed by atoms with Gasteiger partial charge in [0.05, 0.1) is 11.4 Å². The van der Waals surface area contributed by atoms with Crippen LogP contribution in [-0.4, -0.2) is 27.9 Å². The molecule has 0 saturated heterocycles. The molecule has 108 valence electrons. The van der Waals surface area contributed by atoms with E-state index in [1.807, 2.05) is 55.6 Å². The molecule has 0 fully saturated rings. The van der Waals surface area contributed by atoms with Crippen LogP contribution in [0.2, 0.25) is 0 Å². The second kappa shape index (κ2) is 4.53. The molecule has 0 bridgehead atoms. The Bertz CT molecular complexity index is 897. The number of rotatable bonds is 0. The summed E-state index contributed by atoms with van der Waals surface area (Å²) in [6.07, 6.45) is 0. The molecule has 0 N–H and O–H groups in total. The van der Waals surface area contributed by atoms with Crippen molar-refractivity contribution < 1.29 is 4.79 Å². The van der Waals surface area contributed by atoms with Gasteiger partial charge in [-0.1, -0.05) is 41.6 Å². The number of hydrogen-bond acceptors (Lipinski definition) is 3. The Morgan fingerprint density at radius 2 is 1.50 bits per heavy atom. The monoisotopic (exact) mass is 290 g/mol. The Morgan fingerprint density at radius 1 is 0.864 bits per heavy atom. The fourth-order valence-electron chi connectivity index (χ4n) is 2.97. The number of hydrogen-bond donors (Lipinski definition) is 0. The first kappa shape index (κ1) is 12.8. The van der Waals surface area contributed by atoms with Crippen molar-refractivity contribution in [2.24, 2.45) is 7.05 Å². The van der Waals surface area contributed by atoms with E-state index >= 15 is 0 Å². The lowest BCUT2D eigenvalue weighted by atomic mass is 9.95. The van der Waals surface area contributed by atoms with Gasteiger partial charge in [-0.15, -0.1) is 5.10 Å². The maximum atomic E-state index is 12.8. The highest BCUT2D eigenvalue weighted by Gasteiger charge is 2.28. The van der Waals surface area contributed by atoms with Crippen LogP contribution in [0.25, 0.3) is 22.5 Å². The number of nitrogens with zero attached hydrogens (tertiary/aromatic N) is 4. The summed E-state index contributed by atoms with van der Waals surface area (Å²) < 4.78 is 1.76. The van der Waals surface area contributed by atoms with Crippen LogP contribution in [0, 0.1) is 0 Å². The van der Waals surface area contributed by atoms with Gasteiger partial charge in [-0.05, 0) is 12.1 Å². The largest absolute Gasteiger partial charge is 0.311 e. The normalized spacial score (nSPS) is 13.0. The van der Waals surface area contributed by atoms with Crippen molar-refractivity contribution >= 4 is 11.6 Å². The lowest BCUT2D eigenvalue weighted by Crippen LogP contribution is -2.28. The van der Waals surface area contributed by atoms with Crippen LogP contribution in [0.3, 0.4) is 0 Å². The third kappa shape index (κ3) is 1.62. The summed E-state index contributed by atoms with van der Waals surface area (Å²) in [6, 6.07) is 15.4. The summed E-state index contributed by atoms with van der Waals surface area (Å²) in [6.45, 7) is 0. The average molecular weight is 290 g/mol. The van der Waals surface area contributed by atoms with Gasteiger partial charge in [-0.3, -0.25) is 4.79 Å². The van der Waals surface area contributed by atoms with Crippen LogP contribution in [0.5, 0.6) is 0 Å². The fourth-order valence-corrected chi connectivity index (χ4v) is 2.97. The number of benzene rings is 2. The zero-order chi connectivity index (χ0) is 15.3. The number of fused-ring (bicyclic) bond motifs is 5. The first-order valence-corrected chi connectivity index (χ1v) is 7.05. The molecule has 5 heteroatoms. The zero-order valence-corrected chi connectivity index (χ0v) is 12.3. The van der Waals surface area contributed by atoms with E-state index in [-0.39, 0.29) is 5.91 Å². The van der Waals surface area contributed by atoms with Crippen LogP contribution in [0.1, 0.15) is 10.4 Å². The smallest absolute Gasteiger partial charge is 0.258 e. The van der Waals surface area contributed by atoms with Gasteiger partial charge in [0, 0.05) is 30.8 Å². The molecular formula is C17H14N4O. The Hall–Kier alpha value is -2.95. The van der Waals surface area contributed by atoms with Gasteiger partial charge in [-0.25, -0.2) is 4.68 Å². The van der Waals surface area contributed by atoms with E-state index in [1.165, 1.54) is 0 Å². The van der Waals surface area contributed by atoms with Crippen molar-refractivity contribution in [3.8, 4) is 22.5 Å². The summed E-state index contributed by atoms with van der Waals surface area (Å²) in [5.41, 5.74) is 4.93. The van der Waals surface area contributed by atoms with Gasteiger partial charge in [0.2, 0.25) is 0 Å². The van der Waals surface area contributed by atoms with Gasteiger partial charge in [0.25, 0.3) is 5.91 Å². The Labute approximate surface area is 127 Å². The lowest BCUT2D eigenvalue weighted by Gasteiger charge is -2.24. The van der Waals surface area contributed by atoms with E-state index in [9.17, 15) is 4.79 Å². The van der Waals surface area contributed by atoms with Crippen LogP contribution >= 0.6 is 0 Å². The summed E-state index contributed by atoms with van der Waals surface area (Å²) in [5, 5.41) is 8.47. The van der Waals surface area contributed by atoms with Crippen molar-refractivity contribution in [2.45, 2.75) is 0 Å². The minimum absolute atomic E-state index is 0.0423. The van der Waals surface area contributed by atoms with E-state index in [0.29, 0.717) is 5.56 Å². The maximum Gasteiger partial charge on any atom is 0.258 e. The predicted molar refractivity (Wildman–Crippen MR) is 84.6 cm³/mol. The molecule has 0 spiro atoms. The molecule has 1 amide bonds. The number of carbonyl (C=O) groups excluding carboxylic acids is 1. The summed E-state index contributed by atoms with van der Waals surface area (Å²) in [4.78, 5) is 14.5. The van der Waals surface area contributed by atoms with Gasteiger partial charge in [-0.2, -0.15) is 0 Å². The molecule has 0 unspecified atom stereocenters. The summed E-state index contributed by atoms with van der Waals surface area (Å²) >= 11 is 0. The highest BCUT2D eigenvalue weighted by Crippen LogP contribution is 2.39. The molecule has 0 atom stereocenters.